The number of fused-ring (bicyclic) bond motifs is 1. The van der Waals surface area contributed by atoms with Crippen LogP contribution in [0, 0.1) is 0 Å². The van der Waals surface area contributed by atoms with Crippen molar-refractivity contribution in [1.29, 1.82) is 0 Å². The SMILES string of the molecule is O=C(N[C@H](Cn1cccn1)c1ccccc1)c1nc2ncccn2n1. The molecule has 25 heavy (non-hydrogen) atoms. The Bertz CT molecular complexity index is 946. The van der Waals surface area contributed by atoms with E-state index in [9.17, 15) is 4.79 Å². The standard InChI is InChI=1S/C17H15N7O/c25-16(15-21-17-18-8-4-11-24(17)22-15)20-14(12-23-10-5-9-19-23)13-6-2-1-3-7-13/h1-11,14H,12H2,(H,20,25)/t14-/m1/s1. The molecule has 0 aliphatic heterocycles. The molecule has 0 spiro atoms. The smallest absolute Gasteiger partial charge is 0.291 e. The number of carbonyl (C=O) groups excluding carboxylic acids is 1. The molecule has 3 aromatic heterocycles. The second kappa shape index (κ2) is 6.52. The molecule has 8 nitrogen and oxygen atoms in total. The molecule has 1 atom stereocenters. The highest BCUT2D eigenvalue weighted by atomic mass is 16.2. The summed E-state index contributed by atoms with van der Waals surface area (Å²) in [6.45, 7) is 0.508. The van der Waals surface area contributed by atoms with Crippen molar-refractivity contribution in [3.05, 3.63) is 78.6 Å². The number of nitrogens with one attached hydrogen (secondary N) is 1. The average Bonchev–Trinajstić information content (AvgIpc) is 3.31. The molecule has 0 fully saturated rings. The van der Waals surface area contributed by atoms with Gasteiger partial charge in [-0.05, 0) is 17.7 Å². The number of hydrogen-bond donors (Lipinski definition) is 1. The van der Waals surface area contributed by atoms with Crippen LogP contribution in [0.4, 0.5) is 0 Å². The summed E-state index contributed by atoms with van der Waals surface area (Å²) in [6, 6.07) is 13.1. The van der Waals surface area contributed by atoms with E-state index in [1.54, 1.807) is 29.3 Å². The number of aromatic nitrogens is 6. The summed E-state index contributed by atoms with van der Waals surface area (Å²) in [5.41, 5.74) is 0.980. The summed E-state index contributed by atoms with van der Waals surface area (Å²) in [5, 5.41) is 11.4. The first-order valence-electron chi connectivity index (χ1n) is 7.80. The van der Waals surface area contributed by atoms with E-state index in [0.717, 1.165) is 5.56 Å². The van der Waals surface area contributed by atoms with Gasteiger partial charge < -0.3 is 5.32 Å². The van der Waals surface area contributed by atoms with Crippen molar-refractivity contribution in [2.24, 2.45) is 0 Å². The lowest BCUT2D eigenvalue weighted by atomic mass is 10.1. The van der Waals surface area contributed by atoms with Gasteiger partial charge >= 0.3 is 0 Å². The fourth-order valence-electron chi connectivity index (χ4n) is 2.57. The zero-order valence-electron chi connectivity index (χ0n) is 13.2. The molecule has 1 aromatic carbocycles. The van der Waals surface area contributed by atoms with Gasteiger partial charge in [-0.15, -0.1) is 5.10 Å². The summed E-state index contributed by atoms with van der Waals surface area (Å²) in [6.07, 6.45) is 6.87. The summed E-state index contributed by atoms with van der Waals surface area (Å²) in [4.78, 5) is 20.9. The molecule has 0 saturated heterocycles. The van der Waals surface area contributed by atoms with E-state index in [2.05, 4.69) is 25.5 Å². The monoisotopic (exact) mass is 333 g/mol. The van der Waals surface area contributed by atoms with Gasteiger partial charge in [0.25, 0.3) is 11.7 Å². The van der Waals surface area contributed by atoms with Gasteiger partial charge in [0.1, 0.15) is 0 Å². The van der Waals surface area contributed by atoms with Gasteiger partial charge in [-0.3, -0.25) is 9.48 Å². The number of carbonyl (C=O) groups is 1. The molecule has 8 heteroatoms. The first kappa shape index (κ1) is 15.0. The number of nitrogens with zero attached hydrogens (tertiary/aromatic N) is 6. The number of rotatable bonds is 5. The highest BCUT2D eigenvalue weighted by molar-refractivity contribution is 5.91. The van der Waals surface area contributed by atoms with E-state index in [1.165, 1.54) is 4.52 Å². The van der Waals surface area contributed by atoms with E-state index in [-0.39, 0.29) is 17.8 Å². The Morgan fingerprint density at radius 1 is 1.08 bits per heavy atom. The van der Waals surface area contributed by atoms with Crippen LogP contribution in [0.3, 0.4) is 0 Å². The second-order valence-corrected chi connectivity index (χ2v) is 5.46. The van der Waals surface area contributed by atoms with E-state index in [1.807, 2.05) is 42.6 Å². The van der Waals surface area contributed by atoms with Crippen LogP contribution in [0.2, 0.25) is 0 Å². The average molecular weight is 333 g/mol. The molecule has 0 bridgehead atoms. The van der Waals surface area contributed by atoms with Crippen LogP contribution in [0.5, 0.6) is 0 Å². The molecular weight excluding hydrogens is 318 g/mol. The van der Waals surface area contributed by atoms with Crippen LogP contribution < -0.4 is 5.32 Å². The number of amides is 1. The molecule has 4 rings (SSSR count). The molecule has 124 valence electrons. The van der Waals surface area contributed by atoms with Crippen molar-refractivity contribution >= 4 is 11.7 Å². The molecule has 3 heterocycles. The molecule has 0 unspecified atom stereocenters. The van der Waals surface area contributed by atoms with Gasteiger partial charge in [0.15, 0.2) is 0 Å². The van der Waals surface area contributed by atoms with Gasteiger partial charge in [-0.25, -0.2) is 9.50 Å². The van der Waals surface area contributed by atoms with E-state index in [0.29, 0.717) is 12.3 Å². The third-order valence-corrected chi connectivity index (χ3v) is 3.76. The van der Waals surface area contributed by atoms with Crippen LogP contribution >= 0.6 is 0 Å². The van der Waals surface area contributed by atoms with Crippen LogP contribution in [0.25, 0.3) is 5.78 Å². The highest BCUT2D eigenvalue weighted by Crippen LogP contribution is 2.15. The molecular formula is C17H15N7O. The maximum absolute atomic E-state index is 12.6. The van der Waals surface area contributed by atoms with Gasteiger partial charge in [-0.1, -0.05) is 30.3 Å². The third-order valence-electron chi connectivity index (χ3n) is 3.76. The predicted octanol–water partition coefficient (Wildman–Crippen LogP) is 1.49. The van der Waals surface area contributed by atoms with Crippen molar-refractivity contribution in [1.82, 2.24) is 34.7 Å². The van der Waals surface area contributed by atoms with Gasteiger partial charge in [-0.2, -0.15) is 10.1 Å². The van der Waals surface area contributed by atoms with E-state index < -0.39 is 0 Å². The summed E-state index contributed by atoms with van der Waals surface area (Å²) >= 11 is 0. The minimum atomic E-state index is -0.355. The van der Waals surface area contributed by atoms with E-state index >= 15 is 0 Å². The van der Waals surface area contributed by atoms with Crippen molar-refractivity contribution < 1.29 is 4.79 Å². The maximum Gasteiger partial charge on any atom is 0.291 e. The van der Waals surface area contributed by atoms with Gasteiger partial charge in [0.2, 0.25) is 5.82 Å². The summed E-state index contributed by atoms with van der Waals surface area (Å²) in [7, 11) is 0. The Morgan fingerprint density at radius 2 is 1.92 bits per heavy atom. The first-order chi connectivity index (χ1) is 12.3. The van der Waals surface area contributed by atoms with Gasteiger partial charge in [0.05, 0.1) is 12.6 Å². The Morgan fingerprint density at radius 3 is 2.68 bits per heavy atom. The summed E-state index contributed by atoms with van der Waals surface area (Å²) in [5.74, 6) is 0.114. The Balaban J connectivity index is 1.60. The highest BCUT2D eigenvalue weighted by Gasteiger charge is 2.20. The van der Waals surface area contributed by atoms with Crippen LogP contribution in [-0.2, 0) is 6.54 Å². The molecule has 0 aliphatic carbocycles. The zero-order chi connectivity index (χ0) is 17.1. The van der Waals surface area contributed by atoms with Gasteiger partial charge in [0, 0.05) is 24.8 Å². The Labute approximate surface area is 143 Å². The largest absolute Gasteiger partial charge is 0.341 e. The van der Waals surface area contributed by atoms with Crippen molar-refractivity contribution in [3.8, 4) is 0 Å². The molecule has 0 aliphatic rings. The van der Waals surface area contributed by atoms with Crippen LogP contribution in [0.1, 0.15) is 22.2 Å². The Hall–Kier alpha value is -3.55. The fourth-order valence-corrected chi connectivity index (χ4v) is 2.57. The third kappa shape index (κ3) is 3.23. The zero-order valence-corrected chi connectivity index (χ0v) is 13.2. The fraction of sp³-hybridized carbons (Fsp3) is 0.118. The normalized spacial score (nSPS) is 12.2. The van der Waals surface area contributed by atoms with Crippen molar-refractivity contribution in [2.75, 3.05) is 0 Å². The minimum absolute atomic E-state index is 0.0834. The molecule has 1 amide bonds. The topological polar surface area (TPSA) is 90.0 Å². The lowest BCUT2D eigenvalue weighted by Crippen LogP contribution is -2.32. The number of hydrogen-bond acceptors (Lipinski definition) is 5. The lowest BCUT2D eigenvalue weighted by molar-refractivity contribution is 0.0921. The molecule has 0 saturated carbocycles. The van der Waals surface area contributed by atoms with Crippen LogP contribution in [0.15, 0.2) is 67.3 Å². The quantitative estimate of drug-likeness (QED) is 0.598. The maximum atomic E-state index is 12.6. The second-order valence-electron chi connectivity index (χ2n) is 5.46. The first-order valence-corrected chi connectivity index (χ1v) is 7.80. The van der Waals surface area contributed by atoms with Crippen molar-refractivity contribution in [3.63, 3.8) is 0 Å². The van der Waals surface area contributed by atoms with Crippen LogP contribution in [-0.4, -0.2) is 35.3 Å². The molecule has 1 N–H and O–H groups in total. The lowest BCUT2D eigenvalue weighted by Gasteiger charge is -2.18. The number of benzene rings is 1. The van der Waals surface area contributed by atoms with E-state index in [4.69, 9.17) is 0 Å². The predicted molar refractivity (Wildman–Crippen MR) is 89.7 cm³/mol. The summed E-state index contributed by atoms with van der Waals surface area (Å²) < 4.78 is 3.25. The van der Waals surface area contributed by atoms with Crippen molar-refractivity contribution in [2.45, 2.75) is 12.6 Å². The minimum Gasteiger partial charge on any atom is -0.341 e. The molecule has 4 aromatic rings. The Kier molecular flexibility index (Phi) is 3.91. The molecule has 0 radical (unpaired) electrons.